The van der Waals surface area contributed by atoms with Crippen LogP contribution in [0.2, 0.25) is 10.0 Å². The molecule has 7 heteroatoms. The van der Waals surface area contributed by atoms with Crippen molar-refractivity contribution in [2.45, 2.75) is 0 Å². The molecule has 0 unspecified atom stereocenters. The van der Waals surface area contributed by atoms with E-state index in [2.05, 4.69) is 10.5 Å². The van der Waals surface area contributed by atoms with Crippen LogP contribution in [-0.4, -0.2) is 11.3 Å². The van der Waals surface area contributed by atoms with Crippen LogP contribution in [0.4, 0.5) is 5.69 Å². The van der Waals surface area contributed by atoms with Crippen molar-refractivity contribution in [1.29, 1.82) is 0 Å². The molecule has 1 aromatic rings. The van der Waals surface area contributed by atoms with E-state index in [1.54, 1.807) is 0 Å². The summed E-state index contributed by atoms with van der Waals surface area (Å²) in [6.07, 6.45) is 1.24. The van der Waals surface area contributed by atoms with Crippen LogP contribution in [0.5, 0.6) is 5.75 Å². The minimum absolute atomic E-state index is 0.0413. The zero-order valence-electron chi connectivity index (χ0n) is 6.96. The van der Waals surface area contributed by atoms with Crippen molar-refractivity contribution in [3.05, 3.63) is 21.7 Å². The largest absolute Gasteiger partial charge is 0.504 e. The molecule has 0 aliphatic rings. The highest BCUT2D eigenvalue weighted by molar-refractivity contribution is 6.40. The second kappa shape index (κ2) is 4.36. The summed E-state index contributed by atoms with van der Waals surface area (Å²) in [6, 6.07) is 1.42. The third-order valence-electron chi connectivity index (χ3n) is 1.59. The Morgan fingerprint density at radius 3 is 2.64 bits per heavy atom. The molecule has 0 saturated heterocycles. The van der Waals surface area contributed by atoms with Crippen LogP contribution in [0.1, 0.15) is 5.56 Å². The fraction of sp³-hybridized carbons (Fsp3) is 0. The molecule has 0 saturated carbocycles. The Kier molecular flexibility index (Phi) is 3.40. The average molecular weight is 235 g/mol. The molecule has 14 heavy (non-hydrogen) atoms. The van der Waals surface area contributed by atoms with Crippen molar-refractivity contribution in [1.82, 2.24) is 0 Å². The number of nitrogens with zero attached hydrogens (tertiary/aromatic N) is 1. The van der Waals surface area contributed by atoms with Crippen molar-refractivity contribution in [2.75, 3.05) is 5.43 Å². The number of phenols is 1. The number of benzene rings is 1. The molecule has 0 aromatic heterocycles. The van der Waals surface area contributed by atoms with Gasteiger partial charge in [0.05, 0.1) is 21.9 Å². The summed E-state index contributed by atoms with van der Waals surface area (Å²) in [7, 11) is 0. The highest BCUT2D eigenvalue weighted by Crippen LogP contribution is 2.37. The molecular formula is C7H8Cl2N4O. The normalized spacial score (nSPS) is 10.8. The molecule has 76 valence electrons. The molecule has 0 bridgehead atoms. The number of anilines is 1. The highest BCUT2D eigenvalue weighted by atomic mass is 35.5. The first-order chi connectivity index (χ1) is 6.61. The van der Waals surface area contributed by atoms with Gasteiger partial charge in [0.1, 0.15) is 0 Å². The Balaban J connectivity index is 3.40. The molecule has 1 aromatic carbocycles. The lowest BCUT2D eigenvalue weighted by Gasteiger charge is -2.08. The monoisotopic (exact) mass is 234 g/mol. The van der Waals surface area contributed by atoms with Crippen LogP contribution >= 0.6 is 23.2 Å². The van der Waals surface area contributed by atoms with Crippen molar-refractivity contribution < 1.29 is 5.11 Å². The Morgan fingerprint density at radius 2 is 2.14 bits per heavy atom. The van der Waals surface area contributed by atoms with Gasteiger partial charge in [-0.05, 0) is 6.07 Å². The van der Waals surface area contributed by atoms with Gasteiger partial charge in [-0.15, -0.1) is 0 Å². The number of halogens is 2. The van der Waals surface area contributed by atoms with Crippen molar-refractivity contribution in [3.8, 4) is 5.75 Å². The predicted octanol–water partition coefficient (Wildman–Crippen LogP) is 1.28. The lowest BCUT2D eigenvalue weighted by atomic mass is 10.2. The minimum atomic E-state index is -0.200. The standard InChI is InChI=1S/C7H8Cl2N4O/c8-4-1-5(13-11)7(14)6(9)3(4)2-12-10/h1-2,13-14H,10-11H2. The van der Waals surface area contributed by atoms with Crippen molar-refractivity contribution >= 4 is 35.1 Å². The summed E-state index contributed by atoms with van der Waals surface area (Å²) in [5.74, 6) is 9.88. The van der Waals surface area contributed by atoms with Gasteiger partial charge in [-0.2, -0.15) is 5.10 Å². The number of rotatable bonds is 2. The van der Waals surface area contributed by atoms with E-state index in [9.17, 15) is 5.11 Å². The van der Waals surface area contributed by atoms with Gasteiger partial charge in [-0.3, -0.25) is 5.84 Å². The smallest absolute Gasteiger partial charge is 0.159 e. The number of nitrogens with one attached hydrogen (secondary N) is 1. The van der Waals surface area contributed by atoms with Gasteiger partial charge < -0.3 is 16.4 Å². The van der Waals surface area contributed by atoms with Gasteiger partial charge in [0.25, 0.3) is 0 Å². The van der Waals surface area contributed by atoms with E-state index in [0.717, 1.165) is 0 Å². The van der Waals surface area contributed by atoms with Gasteiger partial charge in [0.15, 0.2) is 5.75 Å². The van der Waals surface area contributed by atoms with E-state index >= 15 is 0 Å². The van der Waals surface area contributed by atoms with Crippen molar-refractivity contribution in [2.24, 2.45) is 16.8 Å². The summed E-state index contributed by atoms with van der Waals surface area (Å²) >= 11 is 11.6. The minimum Gasteiger partial charge on any atom is -0.504 e. The van der Waals surface area contributed by atoms with E-state index in [1.165, 1.54) is 12.3 Å². The molecule has 0 aliphatic carbocycles. The average Bonchev–Trinajstić information content (AvgIpc) is 2.18. The summed E-state index contributed by atoms with van der Waals surface area (Å²) in [5.41, 5.74) is 2.82. The zero-order chi connectivity index (χ0) is 10.7. The van der Waals surface area contributed by atoms with Crippen LogP contribution in [-0.2, 0) is 0 Å². The van der Waals surface area contributed by atoms with E-state index < -0.39 is 0 Å². The number of aromatic hydroxyl groups is 1. The van der Waals surface area contributed by atoms with E-state index in [4.69, 9.17) is 34.9 Å². The molecule has 0 atom stereocenters. The number of hydrazone groups is 1. The molecule has 0 radical (unpaired) electrons. The maximum Gasteiger partial charge on any atom is 0.159 e. The molecule has 0 spiro atoms. The Bertz CT molecular complexity index is 380. The van der Waals surface area contributed by atoms with Gasteiger partial charge in [0, 0.05) is 5.56 Å². The Labute approximate surface area is 90.3 Å². The van der Waals surface area contributed by atoms with Gasteiger partial charge in [-0.25, -0.2) is 0 Å². The van der Waals surface area contributed by atoms with Crippen LogP contribution < -0.4 is 17.1 Å². The van der Waals surface area contributed by atoms with Crippen LogP contribution in [0.25, 0.3) is 0 Å². The lowest BCUT2D eigenvalue weighted by Crippen LogP contribution is -2.07. The van der Waals surface area contributed by atoms with E-state index in [1.807, 2.05) is 0 Å². The summed E-state index contributed by atoms with van der Waals surface area (Å²) < 4.78 is 0. The number of hydrogen-bond donors (Lipinski definition) is 4. The number of hydrazine groups is 1. The highest BCUT2D eigenvalue weighted by Gasteiger charge is 2.13. The summed E-state index contributed by atoms with van der Waals surface area (Å²) in [6.45, 7) is 0. The number of phenolic OH excluding ortho intramolecular Hbond substituents is 1. The second-order valence-electron chi connectivity index (χ2n) is 2.40. The fourth-order valence-electron chi connectivity index (χ4n) is 0.926. The molecule has 0 fully saturated rings. The zero-order valence-corrected chi connectivity index (χ0v) is 8.47. The summed E-state index contributed by atoms with van der Waals surface area (Å²) in [5, 5.41) is 13.1. The third-order valence-corrected chi connectivity index (χ3v) is 2.28. The number of nitrogens with two attached hydrogens (primary N) is 2. The van der Waals surface area contributed by atoms with Crippen LogP contribution in [0.15, 0.2) is 11.2 Å². The van der Waals surface area contributed by atoms with Crippen LogP contribution in [0, 0.1) is 0 Å². The molecular weight excluding hydrogens is 227 g/mol. The Morgan fingerprint density at radius 1 is 1.50 bits per heavy atom. The predicted molar refractivity (Wildman–Crippen MR) is 57.7 cm³/mol. The molecule has 5 nitrogen and oxygen atoms in total. The Hall–Kier alpha value is -1.17. The first-order valence-corrected chi connectivity index (χ1v) is 4.28. The van der Waals surface area contributed by atoms with E-state index in [-0.39, 0.29) is 21.5 Å². The first kappa shape index (κ1) is 10.9. The SMILES string of the molecule is NN=Cc1c(Cl)cc(NN)c(O)c1Cl. The molecule has 6 N–H and O–H groups in total. The maximum absolute atomic E-state index is 9.49. The summed E-state index contributed by atoms with van der Waals surface area (Å²) in [4.78, 5) is 0. The maximum atomic E-state index is 9.49. The molecule has 0 aliphatic heterocycles. The molecule has 1 rings (SSSR count). The van der Waals surface area contributed by atoms with Crippen LogP contribution in [0.3, 0.4) is 0 Å². The van der Waals surface area contributed by atoms with Crippen molar-refractivity contribution in [3.63, 3.8) is 0 Å². The molecule has 0 amide bonds. The van der Waals surface area contributed by atoms with Gasteiger partial charge in [-0.1, -0.05) is 23.2 Å². The number of nitrogen functional groups attached to an aromatic ring is 1. The van der Waals surface area contributed by atoms with Gasteiger partial charge >= 0.3 is 0 Å². The quantitative estimate of drug-likeness (QED) is 0.268. The third kappa shape index (κ3) is 1.84. The number of hydrogen-bond acceptors (Lipinski definition) is 5. The first-order valence-electron chi connectivity index (χ1n) is 3.52. The van der Waals surface area contributed by atoms with Gasteiger partial charge in [0.2, 0.25) is 0 Å². The second-order valence-corrected chi connectivity index (χ2v) is 3.19. The fourth-order valence-corrected chi connectivity index (χ4v) is 1.48. The van der Waals surface area contributed by atoms with E-state index in [0.29, 0.717) is 5.56 Å². The topological polar surface area (TPSA) is 96.7 Å². The molecule has 0 heterocycles. The lowest BCUT2D eigenvalue weighted by molar-refractivity contribution is 0.477.